The number of rotatable bonds is 7. The average molecular weight is 359 g/mol. The topological polar surface area (TPSA) is 99.9 Å². The first kappa shape index (κ1) is 17.9. The van der Waals surface area contributed by atoms with Gasteiger partial charge in [0.15, 0.2) is 0 Å². The fraction of sp³-hybridized carbons (Fsp3) is 0.444. The van der Waals surface area contributed by atoms with Crippen LogP contribution >= 0.6 is 0 Å². The summed E-state index contributed by atoms with van der Waals surface area (Å²) in [4.78, 5) is 50.1. The maximum absolute atomic E-state index is 12.4. The normalized spacial score (nSPS) is 17.7. The molecule has 26 heavy (non-hydrogen) atoms. The highest BCUT2D eigenvalue weighted by atomic mass is 16.3. The molecule has 0 atom stereocenters. The van der Waals surface area contributed by atoms with Crippen LogP contribution in [0.4, 0.5) is 4.79 Å². The fourth-order valence-corrected chi connectivity index (χ4v) is 3.07. The van der Waals surface area contributed by atoms with Crippen molar-refractivity contribution in [2.24, 2.45) is 0 Å². The van der Waals surface area contributed by atoms with Gasteiger partial charge in [0, 0.05) is 6.54 Å². The summed E-state index contributed by atoms with van der Waals surface area (Å²) < 4.78 is 5.09. The van der Waals surface area contributed by atoms with Crippen molar-refractivity contribution in [3.8, 4) is 0 Å². The second kappa shape index (κ2) is 7.99. The van der Waals surface area contributed by atoms with E-state index in [0.717, 1.165) is 30.6 Å². The number of hydrogen-bond donors (Lipinski definition) is 1. The van der Waals surface area contributed by atoms with E-state index in [1.807, 2.05) is 0 Å². The van der Waals surface area contributed by atoms with Crippen molar-refractivity contribution in [1.82, 2.24) is 15.1 Å². The number of carbonyl (C=O) groups is 4. The summed E-state index contributed by atoms with van der Waals surface area (Å²) in [6.07, 6.45) is 8.42. The highest BCUT2D eigenvalue weighted by molar-refractivity contribution is 6.45. The van der Waals surface area contributed by atoms with E-state index in [9.17, 15) is 19.2 Å². The van der Waals surface area contributed by atoms with Crippen LogP contribution in [0.5, 0.6) is 0 Å². The van der Waals surface area contributed by atoms with Crippen LogP contribution in [0.15, 0.2) is 34.5 Å². The molecular formula is C18H21N3O5. The third-order valence-electron chi connectivity index (χ3n) is 4.52. The molecule has 1 aromatic heterocycles. The van der Waals surface area contributed by atoms with Crippen molar-refractivity contribution in [1.29, 1.82) is 0 Å². The Hall–Kier alpha value is -2.90. The molecule has 0 aromatic carbocycles. The zero-order valence-electron chi connectivity index (χ0n) is 14.4. The molecule has 8 heteroatoms. The van der Waals surface area contributed by atoms with E-state index in [0.29, 0.717) is 17.1 Å². The molecule has 138 valence electrons. The minimum absolute atomic E-state index is 0.147. The molecule has 2 aliphatic rings. The number of allylic oxidation sites excluding steroid dienone is 1. The third-order valence-corrected chi connectivity index (χ3v) is 4.52. The molecule has 1 N–H and O–H groups in total. The van der Waals surface area contributed by atoms with Gasteiger partial charge in [-0.3, -0.25) is 19.3 Å². The lowest BCUT2D eigenvalue weighted by Gasteiger charge is -2.17. The van der Waals surface area contributed by atoms with Gasteiger partial charge >= 0.3 is 17.8 Å². The van der Waals surface area contributed by atoms with Crippen LogP contribution in [-0.2, 0) is 20.9 Å². The van der Waals surface area contributed by atoms with Crippen LogP contribution < -0.4 is 5.32 Å². The Kier molecular flexibility index (Phi) is 5.50. The second-order valence-electron chi connectivity index (χ2n) is 6.34. The van der Waals surface area contributed by atoms with E-state index in [-0.39, 0.29) is 13.1 Å². The Morgan fingerprint density at radius 3 is 2.65 bits per heavy atom. The molecule has 0 spiro atoms. The Labute approximate surface area is 150 Å². The van der Waals surface area contributed by atoms with Crippen LogP contribution in [0.1, 0.15) is 37.9 Å². The summed E-state index contributed by atoms with van der Waals surface area (Å²) >= 11 is 0. The number of carbonyl (C=O) groups excluding carboxylic acids is 4. The van der Waals surface area contributed by atoms with Crippen molar-refractivity contribution < 1.29 is 23.6 Å². The van der Waals surface area contributed by atoms with Crippen molar-refractivity contribution in [3.05, 3.63) is 35.8 Å². The lowest BCUT2D eigenvalue weighted by molar-refractivity contribution is -0.144. The van der Waals surface area contributed by atoms with Gasteiger partial charge in [-0.05, 0) is 44.2 Å². The molecule has 1 aromatic rings. The maximum Gasteiger partial charge on any atom is 0.334 e. The van der Waals surface area contributed by atoms with Gasteiger partial charge in [0.05, 0.1) is 12.8 Å². The van der Waals surface area contributed by atoms with E-state index < -0.39 is 30.3 Å². The largest absolute Gasteiger partial charge is 0.467 e. The lowest BCUT2D eigenvalue weighted by Crippen LogP contribution is -2.41. The predicted octanol–water partition coefficient (Wildman–Crippen LogP) is 1.58. The Balaban J connectivity index is 1.53. The number of amides is 5. The molecule has 0 radical (unpaired) electrons. The van der Waals surface area contributed by atoms with E-state index in [4.69, 9.17) is 4.42 Å². The number of furan rings is 1. The highest BCUT2D eigenvalue weighted by Gasteiger charge is 2.44. The van der Waals surface area contributed by atoms with Crippen molar-refractivity contribution in [2.45, 2.75) is 38.6 Å². The molecule has 0 saturated carbocycles. The highest BCUT2D eigenvalue weighted by Crippen LogP contribution is 2.21. The molecular weight excluding hydrogens is 338 g/mol. The van der Waals surface area contributed by atoms with Crippen LogP contribution in [0.25, 0.3) is 0 Å². The zero-order valence-corrected chi connectivity index (χ0v) is 14.4. The molecule has 1 saturated heterocycles. The minimum Gasteiger partial charge on any atom is -0.467 e. The summed E-state index contributed by atoms with van der Waals surface area (Å²) in [5, 5.41) is 2.55. The zero-order chi connectivity index (χ0) is 18.5. The maximum atomic E-state index is 12.4. The second-order valence-corrected chi connectivity index (χ2v) is 6.34. The third kappa shape index (κ3) is 4.01. The molecule has 0 unspecified atom stereocenters. The number of imide groups is 2. The average Bonchev–Trinajstić information content (AvgIpc) is 3.23. The van der Waals surface area contributed by atoms with Crippen LogP contribution in [0.3, 0.4) is 0 Å². The van der Waals surface area contributed by atoms with E-state index >= 15 is 0 Å². The van der Waals surface area contributed by atoms with Gasteiger partial charge in [-0.15, -0.1) is 0 Å². The van der Waals surface area contributed by atoms with Crippen LogP contribution in [0, 0.1) is 0 Å². The summed E-state index contributed by atoms with van der Waals surface area (Å²) in [7, 11) is 0. The molecule has 8 nitrogen and oxygen atoms in total. The standard InChI is InChI=1S/C18H21N3O5/c22-15(19-11-14-7-4-10-26-14)12-21-17(24)16(23)20(18(21)25)9-8-13-5-2-1-3-6-13/h4-5,7,10H,1-3,6,8-9,11-12H2,(H,19,22). The summed E-state index contributed by atoms with van der Waals surface area (Å²) in [5.74, 6) is -1.81. The van der Waals surface area contributed by atoms with Crippen molar-refractivity contribution in [3.63, 3.8) is 0 Å². The Morgan fingerprint density at radius 1 is 1.15 bits per heavy atom. The number of nitrogens with zero attached hydrogens (tertiary/aromatic N) is 2. The lowest BCUT2D eigenvalue weighted by atomic mass is 9.97. The fourth-order valence-electron chi connectivity index (χ4n) is 3.07. The molecule has 5 amide bonds. The van der Waals surface area contributed by atoms with Gasteiger partial charge in [-0.2, -0.15) is 0 Å². The van der Waals surface area contributed by atoms with Gasteiger partial charge in [0.1, 0.15) is 12.3 Å². The molecule has 2 heterocycles. The molecule has 1 aliphatic carbocycles. The van der Waals surface area contributed by atoms with Crippen LogP contribution in [0.2, 0.25) is 0 Å². The number of urea groups is 1. The molecule has 1 fully saturated rings. The van der Waals surface area contributed by atoms with Gasteiger partial charge in [-0.25, -0.2) is 9.69 Å². The summed E-state index contributed by atoms with van der Waals surface area (Å²) in [6, 6.07) is 2.65. The van der Waals surface area contributed by atoms with Gasteiger partial charge in [0.25, 0.3) is 0 Å². The first-order valence-electron chi connectivity index (χ1n) is 8.70. The Morgan fingerprint density at radius 2 is 1.96 bits per heavy atom. The predicted molar refractivity (Wildman–Crippen MR) is 90.5 cm³/mol. The summed E-state index contributed by atoms with van der Waals surface area (Å²) in [5.41, 5.74) is 1.21. The SMILES string of the molecule is O=C(CN1C(=O)C(=O)N(CCC2=CCCCC2)C1=O)NCc1ccco1. The number of hydrogen-bond acceptors (Lipinski definition) is 5. The molecule has 1 aliphatic heterocycles. The Bertz CT molecular complexity index is 738. The van der Waals surface area contributed by atoms with E-state index in [2.05, 4.69) is 11.4 Å². The van der Waals surface area contributed by atoms with E-state index in [1.54, 1.807) is 12.1 Å². The van der Waals surface area contributed by atoms with E-state index in [1.165, 1.54) is 11.8 Å². The van der Waals surface area contributed by atoms with Crippen molar-refractivity contribution >= 4 is 23.8 Å². The first-order valence-corrected chi connectivity index (χ1v) is 8.70. The number of nitrogens with one attached hydrogen (secondary N) is 1. The van der Waals surface area contributed by atoms with Gasteiger partial charge in [-0.1, -0.05) is 11.6 Å². The first-order chi connectivity index (χ1) is 12.6. The molecule has 0 bridgehead atoms. The van der Waals surface area contributed by atoms with Gasteiger partial charge in [0.2, 0.25) is 5.91 Å². The van der Waals surface area contributed by atoms with Gasteiger partial charge < -0.3 is 9.73 Å². The minimum atomic E-state index is -0.958. The quantitative estimate of drug-likeness (QED) is 0.453. The smallest absolute Gasteiger partial charge is 0.334 e. The summed E-state index contributed by atoms with van der Waals surface area (Å²) in [6.45, 7) is -0.170. The molecule has 3 rings (SSSR count). The van der Waals surface area contributed by atoms with Crippen molar-refractivity contribution in [2.75, 3.05) is 13.1 Å². The monoisotopic (exact) mass is 359 g/mol. The van der Waals surface area contributed by atoms with Crippen LogP contribution in [-0.4, -0.2) is 46.6 Å².